The van der Waals surface area contributed by atoms with Gasteiger partial charge in [0.25, 0.3) is 5.69 Å². The molecule has 0 saturated carbocycles. The molecule has 2 aromatic rings. The molecule has 0 radical (unpaired) electrons. The van der Waals surface area contributed by atoms with Gasteiger partial charge in [-0.3, -0.25) is 20.0 Å². The van der Waals surface area contributed by atoms with Crippen LogP contribution in [0.4, 0.5) is 17.1 Å². The zero-order valence-electron chi connectivity index (χ0n) is 13.9. The van der Waals surface area contributed by atoms with Crippen LogP contribution in [0.15, 0.2) is 42.7 Å². The summed E-state index contributed by atoms with van der Waals surface area (Å²) in [5, 5.41) is 11.4. The van der Waals surface area contributed by atoms with Gasteiger partial charge in [-0.05, 0) is 39.6 Å². The van der Waals surface area contributed by atoms with E-state index in [-0.39, 0.29) is 16.8 Å². The van der Waals surface area contributed by atoms with E-state index in [2.05, 4.69) is 16.8 Å². The maximum Gasteiger partial charge on any atom is 0.296 e. The number of aromatic nitrogens is 1. The molecule has 0 bridgehead atoms. The summed E-state index contributed by atoms with van der Waals surface area (Å²) < 4.78 is 0. The van der Waals surface area contributed by atoms with Gasteiger partial charge in [-0.15, -0.1) is 0 Å². The predicted octanol–water partition coefficient (Wildman–Crippen LogP) is 3.73. The highest BCUT2D eigenvalue weighted by atomic mass is 16.6. The maximum atomic E-state index is 11.4. The van der Waals surface area contributed by atoms with Crippen LogP contribution in [-0.4, -0.2) is 35.1 Å². The molecule has 0 spiro atoms. The van der Waals surface area contributed by atoms with Crippen LogP contribution in [0.2, 0.25) is 0 Å². The normalized spacial score (nSPS) is 12.2. The quantitative estimate of drug-likeness (QED) is 0.462. The van der Waals surface area contributed by atoms with Crippen molar-refractivity contribution in [3.63, 3.8) is 0 Å². The van der Waals surface area contributed by atoms with Crippen molar-refractivity contribution in [2.24, 2.45) is 0 Å². The first kappa shape index (κ1) is 16.9. The minimum absolute atomic E-state index is 0.0133. The fourth-order valence-electron chi connectivity index (χ4n) is 2.67. The number of rotatable bonds is 6. The van der Waals surface area contributed by atoms with Gasteiger partial charge < -0.3 is 4.90 Å². The molecule has 1 aromatic heterocycles. The number of anilines is 2. The number of benzene rings is 1. The summed E-state index contributed by atoms with van der Waals surface area (Å²) >= 11 is 0. The second kappa shape index (κ2) is 7.19. The molecule has 0 N–H and O–H groups in total. The van der Waals surface area contributed by atoms with Crippen molar-refractivity contribution in [3.05, 3.63) is 58.4 Å². The van der Waals surface area contributed by atoms with Gasteiger partial charge >= 0.3 is 0 Å². The minimum Gasteiger partial charge on any atom is -0.318 e. The van der Waals surface area contributed by atoms with Gasteiger partial charge in [0.2, 0.25) is 0 Å². The van der Waals surface area contributed by atoms with E-state index in [4.69, 9.17) is 0 Å². The highest BCUT2D eigenvalue weighted by Crippen LogP contribution is 2.35. The van der Waals surface area contributed by atoms with E-state index in [1.165, 1.54) is 12.3 Å². The van der Waals surface area contributed by atoms with Gasteiger partial charge in [0.15, 0.2) is 0 Å². The van der Waals surface area contributed by atoms with Crippen LogP contribution in [-0.2, 0) is 0 Å². The molecule has 0 aliphatic rings. The Morgan fingerprint density at radius 2 is 1.87 bits per heavy atom. The third kappa shape index (κ3) is 3.65. The molecule has 122 valence electrons. The standard InChI is InChI=1S/C17H22N4O2/c1-5-17(19(3)4)20(14-8-6-13(2)7-9-14)16-12-18-11-10-15(16)21(22)23/h6-12,17H,5H2,1-4H3. The SMILES string of the molecule is CCC(N(C)C)N(c1ccc(C)cc1)c1cnccc1[N+](=O)[O-]. The van der Waals surface area contributed by atoms with E-state index in [0.29, 0.717) is 5.69 Å². The van der Waals surface area contributed by atoms with E-state index in [0.717, 1.165) is 17.7 Å². The molecule has 0 aliphatic heterocycles. The van der Waals surface area contributed by atoms with Crippen molar-refractivity contribution in [2.75, 3.05) is 19.0 Å². The highest BCUT2D eigenvalue weighted by molar-refractivity contribution is 5.71. The summed E-state index contributed by atoms with van der Waals surface area (Å²) in [6.45, 7) is 4.08. The Hall–Kier alpha value is -2.47. The lowest BCUT2D eigenvalue weighted by Gasteiger charge is -2.36. The van der Waals surface area contributed by atoms with Crippen molar-refractivity contribution < 1.29 is 4.92 Å². The first-order chi connectivity index (χ1) is 11.0. The van der Waals surface area contributed by atoms with Gasteiger partial charge in [0.05, 0.1) is 17.3 Å². The first-order valence-electron chi connectivity index (χ1n) is 7.56. The number of hydrogen-bond acceptors (Lipinski definition) is 5. The molecule has 1 aromatic carbocycles. The zero-order valence-corrected chi connectivity index (χ0v) is 13.9. The van der Waals surface area contributed by atoms with E-state index in [1.54, 1.807) is 6.20 Å². The summed E-state index contributed by atoms with van der Waals surface area (Å²) in [6, 6.07) is 9.43. The van der Waals surface area contributed by atoms with Crippen LogP contribution < -0.4 is 4.90 Å². The van der Waals surface area contributed by atoms with Crippen LogP contribution >= 0.6 is 0 Å². The third-order valence-electron chi connectivity index (χ3n) is 3.81. The summed E-state index contributed by atoms with van der Waals surface area (Å²) in [6.07, 6.45) is 3.81. The Morgan fingerprint density at radius 1 is 1.22 bits per heavy atom. The Balaban J connectivity index is 2.62. The van der Waals surface area contributed by atoms with Crippen molar-refractivity contribution in [1.29, 1.82) is 0 Å². The lowest BCUT2D eigenvalue weighted by Crippen LogP contribution is -2.42. The first-order valence-corrected chi connectivity index (χ1v) is 7.56. The number of hydrogen-bond donors (Lipinski definition) is 0. The maximum absolute atomic E-state index is 11.4. The molecule has 1 heterocycles. The van der Waals surface area contributed by atoms with Crippen molar-refractivity contribution in [3.8, 4) is 0 Å². The Kier molecular flexibility index (Phi) is 5.28. The van der Waals surface area contributed by atoms with Gasteiger partial charge in [-0.2, -0.15) is 0 Å². The number of nitro groups is 1. The molecular weight excluding hydrogens is 292 g/mol. The molecule has 1 unspecified atom stereocenters. The van der Waals surface area contributed by atoms with Crippen LogP contribution in [0.3, 0.4) is 0 Å². The van der Waals surface area contributed by atoms with Crippen LogP contribution in [0, 0.1) is 17.0 Å². The fourth-order valence-corrected chi connectivity index (χ4v) is 2.67. The minimum atomic E-state index is -0.361. The summed E-state index contributed by atoms with van der Waals surface area (Å²) in [5.41, 5.74) is 2.61. The van der Waals surface area contributed by atoms with Gasteiger partial charge in [0.1, 0.15) is 5.69 Å². The smallest absolute Gasteiger partial charge is 0.296 e. The van der Waals surface area contributed by atoms with E-state index in [9.17, 15) is 10.1 Å². The Labute approximate surface area is 136 Å². The molecule has 23 heavy (non-hydrogen) atoms. The molecule has 0 aliphatic carbocycles. The molecule has 2 rings (SSSR count). The fraction of sp³-hybridized carbons (Fsp3) is 0.353. The largest absolute Gasteiger partial charge is 0.318 e. The van der Waals surface area contributed by atoms with Crippen molar-refractivity contribution >= 4 is 17.1 Å². The van der Waals surface area contributed by atoms with Crippen LogP contribution in [0.5, 0.6) is 0 Å². The monoisotopic (exact) mass is 314 g/mol. The van der Waals surface area contributed by atoms with E-state index < -0.39 is 0 Å². The average molecular weight is 314 g/mol. The molecule has 1 atom stereocenters. The Morgan fingerprint density at radius 3 is 2.39 bits per heavy atom. The van der Waals surface area contributed by atoms with Gasteiger partial charge in [-0.25, -0.2) is 0 Å². The predicted molar refractivity (Wildman–Crippen MR) is 92.0 cm³/mol. The van der Waals surface area contributed by atoms with Gasteiger partial charge in [0, 0.05) is 18.0 Å². The van der Waals surface area contributed by atoms with Crippen molar-refractivity contribution in [2.45, 2.75) is 26.4 Å². The number of aryl methyl sites for hydroxylation is 1. The third-order valence-corrected chi connectivity index (χ3v) is 3.81. The summed E-state index contributed by atoms with van der Waals surface area (Å²) in [4.78, 5) is 19.2. The van der Waals surface area contributed by atoms with Crippen LogP contribution in [0.25, 0.3) is 0 Å². The number of nitrogens with zero attached hydrogens (tertiary/aromatic N) is 4. The molecule has 6 nitrogen and oxygen atoms in total. The van der Waals surface area contributed by atoms with Crippen LogP contribution in [0.1, 0.15) is 18.9 Å². The summed E-state index contributed by atoms with van der Waals surface area (Å²) in [5.74, 6) is 0. The van der Waals surface area contributed by atoms with E-state index >= 15 is 0 Å². The zero-order chi connectivity index (χ0) is 17.0. The molecule has 0 fully saturated rings. The molecule has 0 saturated heterocycles. The summed E-state index contributed by atoms with van der Waals surface area (Å²) in [7, 11) is 3.94. The highest BCUT2D eigenvalue weighted by Gasteiger charge is 2.27. The van der Waals surface area contributed by atoms with E-state index in [1.807, 2.05) is 50.2 Å². The average Bonchev–Trinajstić information content (AvgIpc) is 2.53. The van der Waals surface area contributed by atoms with Crippen molar-refractivity contribution in [1.82, 2.24) is 9.88 Å². The lowest BCUT2D eigenvalue weighted by molar-refractivity contribution is -0.384. The molecule has 6 heteroatoms. The topological polar surface area (TPSA) is 62.5 Å². The number of pyridine rings is 1. The molecular formula is C17H22N4O2. The lowest BCUT2D eigenvalue weighted by atomic mass is 10.1. The second-order valence-electron chi connectivity index (χ2n) is 5.68. The van der Waals surface area contributed by atoms with Gasteiger partial charge in [-0.1, -0.05) is 24.6 Å². The Bertz CT molecular complexity index is 671. The second-order valence-corrected chi connectivity index (χ2v) is 5.68. The molecule has 0 amide bonds.